The van der Waals surface area contributed by atoms with Crippen LogP contribution in [0.15, 0.2) is 16.9 Å². The first kappa shape index (κ1) is 14.7. The van der Waals surface area contributed by atoms with E-state index in [0.29, 0.717) is 5.92 Å². The first-order valence-electron chi connectivity index (χ1n) is 7.37. The van der Waals surface area contributed by atoms with Gasteiger partial charge < -0.3 is 5.11 Å². The van der Waals surface area contributed by atoms with E-state index >= 15 is 0 Å². The number of likely N-dealkylation sites (tertiary alicyclic amines) is 1. The number of aromatic nitrogens is 4. The van der Waals surface area contributed by atoms with Crippen molar-refractivity contribution < 1.29 is 14.5 Å². The van der Waals surface area contributed by atoms with Crippen LogP contribution in [-0.4, -0.2) is 49.2 Å². The number of rotatable bonds is 5. The van der Waals surface area contributed by atoms with Crippen molar-refractivity contribution in [2.24, 2.45) is 0 Å². The number of carboxylic acid groups (broad SMARTS) is 1. The topological polar surface area (TPSA) is 97.3 Å². The molecule has 0 radical (unpaired) electrons. The van der Waals surface area contributed by atoms with E-state index in [0.717, 1.165) is 49.6 Å². The van der Waals surface area contributed by atoms with Gasteiger partial charge in [-0.05, 0) is 32.4 Å². The van der Waals surface area contributed by atoms with E-state index in [9.17, 15) is 4.79 Å². The molecule has 0 unspecified atom stereocenters. The number of hydrogen-bond donors (Lipinski definition) is 1. The van der Waals surface area contributed by atoms with Crippen molar-refractivity contribution in [2.45, 2.75) is 38.8 Å². The monoisotopic (exact) mass is 305 g/mol. The summed E-state index contributed by atoms with van der Waals surface area (Å²) in [6.07, 6.45) is 3.88. The van der Waals surface area contributed by atoms with Crippen LogP contribution in [0.4, 0.5) is 0 Å². The quantitative estimate of drug-likeness (QED) is 0.881. The number of carboxylic acids is 1. The van der Waals surface area contributed by atoms with Gasteiger partial charge in [-0.1, -0.05) is 10.3 Å². The third-order valence-electron chi connectivity index (χ3n) is 4.00. The predicted octanol–water partition coefficient (Wildman–Crippen LogP) is 1.04. The number of nitrogens with zero attached hydrogens (tertiary/aromatic N) is 5. The molecule has 0 amide bonds. The molecule has 1 saturated heterocycles. The van der Waals surface area contributed by atoms with Gasteiger partial charge in [0, 0.05) is 25.2 Å². The molecule has 118 valence electrons. The van der Waals surface area contributed by atoms with Gasteiger partial charge in [0.25, 0.3) is 0 Å². The third-order valence-corrected chi connectivity index (χ3v) is 4.00. The summed E-state index contributed by atoms with van der Waals surface area (Å²) in [4.78, 5) is 13.0. The van der Waals surface area contributed by atoms with Crippen molar-refractivity contribution in [1.82, 2.24) is 25.0 Å². The molecule has 3 rings (SSSR count). The number of hydrogen-bond acceptors (Lipinski definition) is 6. The Labute approximate surface area is 127 Å². The summed E-state index contributed by atoms with van der Waals surface area (Å²) in [7, 11) is 0. The lowest BCUT2D eigenvalue weighted by Gasteiger charge is -2.31. The molecular formula is C14H19N5O3. The van der Waals surface area contributed by atoms with Crippen LogP contribution in [0.3, 0.4) is 0 Å². The SMILES string of the molecule is Cc1nonc1CN1CCC[C@@H](c2ccn(CC(=O)O)n2)C1. The lowest BCUT2D eigenvalue weighted by Crippen LogP contribution is -2.34. The molecule has 8 heteroatoms. The van der Waals surface area contributed by atoms with E-state index in [4.69, 9.17) is 9.74 Å². The average Bonchev–Trinajstić information content (AvgIpc) is 3.09. The highest BCUT2D eigenvalue weighted by molar-refractivity contribution is 5.66. The number of aliphatic carboxylic acids is 1. The maximum Gasteiger partial charge on any atom is 0.325 e. The van der Waals surface area contributed by atoms with Crippen LogP contribution in [0.5, 0.6) is 0 Å². The summed E-state index contributed by atoms with van der Waals surface area (Å²) in [5.74, 6) is -0.558. The Morgan fingerprint density at radius 3 is 3.09 bits per heavy atom. The van der Waals surface area contributed by atoms with Crippen LogP contribution < -0.4 is 0 Å². The van der Waals surface area contributed by atoms with E-state index in [-0.39, 0.29) is 6.54 Å². The largest absolute Gasteiger partial charge is 0.480 e. The molecule has 0 spiro atoms. The van der Waals surface area contributed by atoms with Gasteiger partial charge in [-0.3, -0.25) is 14.4 Å². The third kappa shape index (κ3) is 3.33. The van der Waals surface area contributed by atoms with Gasteiger partial charge in [0.1, 0.15) is 17.9 Å². The Morgan fingerprint density at radius 2 is 2.36 bits per heavy atom. The zero-order chi connectivity index (χ0) is 15.5. The number of carbonyl (C=O) groups is 1. The molecule has 0 aromatic carbocycles. The molecule has 3 heterocycles. The van der Waals surface area contributed by atoms with Gasteiger partial charge in [0.05, 0.1) is 5.69 Å². The van der Waals surface area contributed by atoms with Crippen molar-refractivity contribution in [3.05, 3.63) is 29.3 Å². The highest BCUT2D eigenvalue weighted by Gasteiger charge is 2.24. The molecular weight excluding hydrogens is 286 g/mol. The molecule has 0 aliphatic carbocycles. The highest BCUT2D eigenvalue weighted by Crippen LogP contribution is 2.26. The van der Waals surface area contributed by atoms with E-state index in [2.05, 4.69) is 20.3 Å². The molecule has 1 atom stereocenters. The molecule has 22 heavy (non-hydrogen) atoms. The second kappa shape index (κ2) is 6.27. The van der Waals surface area contributed by atoms with Crippen LogP contribution in [-0.2, 0) is 17.9 Å². The zero-order valence-corrected chi connectivity index (χ0v) is 12.5. The predicted molar refractivity (Wildman–Crippen MR) is 76.1 cm³/mol. The second-order valence-corrected chi connectivity index (χ2v) is 5.70. The van der Waals surface area contributed by atoms with Gasteiger partial charge in [-0.25, -0.2) is 4.63 Å². The van der Waals surface area contributed by atoms with Crippen molar-refractivity contribution in [3.63, 3.8) is 0 Å². The van der Waals surface area contributed by atoms with Gasteiger partial charge >= 0.3 is 5.97 Å². The number of piperidine rings is 1. The number of aryl methyl sites for hydroxylation is 1. The Bertz CT molecular complexity index is 650. The minimum absolute atomic E-state index is 0.0970. The first-order chi connectivity index (χ1) is 10.6. The fourth-order valence-corrected chi connectivity index (χ4v) is 2.87. The van der Waals surface area contributed by atoms with Gasteiger partial charge in [-0.15, -0.1) is 0 Å². The molecule has 1 N–H and O–H groups in total. The van der Waals surface area contributed by atoms with E-state index in [1.807, 2.05) is 13.0 Å². The second-order valence-electron chi connectivity index (χ2n) is 5.70. The van der Waals surface area contributed by atoms with E-state index in [1.54, 1.807) is 6.20 Å². The van der Waals surface area contributed by atoms with Crippen LogP contribution >= 0.6 is 0 Å². The molecule has 0 bridgehead atoms. The minimum Gasteiger partial charge on any atom is -0.480 e. The van der Waals surface area contributed by atoms with Crippen LogP contribution in [0, 0.1) is 6.92 Å². The summed E-state index contributed by atoms with van der Waals surface area (Å²) in [5, 5.41) is 20.9. The molecule has 0 saturated carbocycles. The maximum atomic E-state index is 10.7. The summed E-state index contributed by atoms with van der Waals surface area (Å²) >= 11 is 0. The summed E-state index contributed by atoms with van der Waals surface area (Å²) in [6, 6.07) is 1.92. The molecule has 2 aromatic rings. The normalized spacial score (nSPS) is 19.4. The van der Waals surface area contributed by atoms with E-state index in [1.165, 1.54) is 4.68 Å². The summed E-state index contributed by atoms with van der Waals surface area (Å²) in [5.41, 5.74) is 2.66. The van der Waals surface area contributed by atoms with Crippen molar-refractivity contribution in [2.75, 3.05) is 13.1 Å². The molecule has 1 fully saturated rings. The Kier molecular flexibility index (Phi) is 4.19. The lowest BCUT2D eigenvalue weighted by molar-refractivity contribution is -0.137. The Balaban J connectivity index is 1.64. The first-order valence-corrected chi connectivity index (χ1v) is 7.37. The molecule has 1 aliphatic heterocycles. The van der Waals surface area contributed by atoms with Gasteiger partial charge in [0.15, 0.2) is 0 Å². The van der Waals surface area contributed by atoms with Crippen LogP contribution in [0.1, 0.15) is 35.8 Å². The smallest absolute Gasteiger partial charge is 0.325 e. The fourth-order valence-electron chi connectivity index (χ4n) is 2.87. The standard InChI is InChI=1S/C14H19N5O3/c1-10-13(17-22-16-10)8-18-5-2-3-11(7-18)12-4-6-19(15-12)9-14(20)21/h4,6,11H,2-3,5,7-9H2,1H3,(H,20,21)/t11-/m1/s1. The minimum atomic E-state index is -0.881. The van der Waals surface area contributed by atoms with Crippen molar-refractivity contribution in [3.8, 4) is 0 Å². The van der Waals surface area contributed by atoms with Crippen LogP contribution in [0.25, 0.3) is 0 Å². The Morgan fingerprint density at radius 1 is 1.50 bits per heavy atom. The highest BCUT2D eigenvalue weighted by atomic mass is 16.6. The molecule has 2 aromatic heterocycles. The lowest BCUT2D eigenvalue weighted by atomic mass is 9.95. The van der Waals surface area contributed by atoms with Gasteiger partial charge in [0.2, 0.25) is 0 Å². The average molecular weight is 305 g/mol. The maximum absolute atomic E-state index is 10.7. The molecule has 8 nitrogen and oxygen atoms in total. The van der Waals surface area contributed by atoms with Gasteiger partial charge in [-0.2, -0.15) is 5.10 Å². The van der Waals surface area contributed by atoms with Crippen LogP contribution in [0.2, 0.25) is 0 Å². The van der Waals surface area contributed by atoms with E-state index < -0.39 is 5.97 Å². The Hall–Kier alpha value is -2.22. The van der Waals surface area contributed by atoms with Crippen molar-refractivity contribution >= 4 is 5.97 Å². The zero-order valence-electron chi connectivity index (χ0n) is 12.5. The summed E-state index contributed by atoms with van der Waals surface area (Å²) < 4.78 is 6.22. The fraction of sp³-hybridized carbons (Fsp3) is 0.571. The summed E-state index contributed by atoms with van der Waals surface area (Å²) in [6.45, 7) is 4.41. The van der Waals surface area contributed by atoms with Crippen molar-refractivity contribution in [1.29, 1.82) is 0 Å². The molecule has 1 aliphatic rings.